The van der Waals surface area contributed by atoms with Crippen LogP contribution in [0, 0.1) is 24.0 Å². The number of hydrazine groups is 1. The summed E-state index contributed by atoms with van der Waals surface area (Å²) in [6, 6.07) is 6.39. The SMILES string of the molecule is Cc1cc(Oc2cccc(C)c2[N+](=O)[O-])nc(NN)n1. The second-order valence-corrected chi connectivity index (χ2v) is 4.10. The van der Waals surface area contributed by atoms with Crippen LogP contribution in [0.3, 0.4) is 0 Å². The van der Waals surface area contributed by atoms with Crippen LogP contribution in [0.4, 0.5) is 11.6 Å². The summed E-state index contributed by atoms with van der Waals surface area (Å²) in [7, 11) is 0. The molecular formula is C12H13N5O3. The van der Waals surface area contributed by atoms with Crippen molar-refractivity contribution in [1.82, 2.24) is 9.97 Å². The minimum Gasteiger partial charge on any atom is -0.432 e. The Kier molecular flexibility index (Phi) is 3.76. The first-order chi connectivity index (χ1) is 9.51. The van der Waals surface area contributed by atoms with Gasteiger partial charge in [0.25, 0.3) is 0 Å². The Labute approximate surface area is 114 Å². The van der Waals surface area contributed by atoms with E-state index in [9.17, 15) is 10.1 Å². The number of para-hydroxylation sites is 1. The zero-order valence-electron chi connectivity index (χ0n) is 11.0. The summed E-state index contributed by atoms with van der Waals surface area (Å²) in [6.45, 7) is 3.38. The molecule has 0 saturated heterocycles. The fourth-order valence-electron chi connectivity index (χ4n) is 1.72. The van der Waals surface area contributed by atoms with E-state index >= 15 is 0 Å². The van der Waals surface area contributed by atoms with Crippen molar-refractivity contribution >= 4 is 11.6 Å². The fourth-order valence-corrected chi connectivity index (χ4v) is 1.72. The molecule has 1 heterocycles. The van der Waals surface area contributed by atoms with Gasteiger partial charge in [-0.25, -0.2) is 10.8 Å². The Balaban J connectivity index is 2.42. The molecule has 0 bridgehead atoms. The Hall–Kier alpha value is -2.74. The maximum Gasteiger partial charge on any atom is 0.314 e. The van der Waals surface area contributed by atoms with Crippen LogP contribution in [0.2, 0.25) is 0 Å². The molecule has 1 aromatic carbocycles. The van der Waals surface area contributed by atoms with Crippen molar-refractivity contribution < 1.29 is 9.66 Å². The molecule has 0 radical (unpaired) electrons. The van der Waals surface area contributed by atoms with E-state index in [0.29, 0.717) is 11.3 Å². The molecule has 0 spiro atoms. The molecule has 0 fully saturated rings. The van der Waals surface area contributed by atoms with Crippen LogP contribution in [-0.2, 0) is 0 Å². The van der Waals surface area contributed by atoms with Crippen molar-refractivity contribution in [3.05, 3.63) is 45.6 Å². The lowest BCUT2D eigenvalue weighted by atomic mass is 10.2. The van der Waals surface area contributed by atoms with Gasteiger partial charge in [0.05, 0.1) is 4.92 Å². The summed E-state index contributed by atoms with van der Waals surface area (Å²) >= 11 is 0. The van der Waals surface area contributed by atoms with Gasteiger partial charge in [-0.15, -0.1) is 0 Å². The minimum absolute atomic E-state index is 0.0916. The number of rotatable bonds is 4. The first-order valence-electron chi connectivity index (χ1n) is 5.75. The van der Waals surface area contributed by atoms with E-state index in [1.165, 1.54) is 6.07 Å². The summed E-state index contributed by atoms with van der Waals surface area (Å²) < 4.78 is 5.49. The van der Waals surface area contributed by atoms with Crippen LogP contribution in [0.25, 0.3) is 0 Å². The van der Waals surface area contributed by atoms with Crippen molar-refractivity contribution in [1.29, 1.82) is 0 Å². The maximum atomic E-state index is 11.1. The molecule has 0 aliphatic carbocycles. The van der Waals surface area contributed by atoms with Crippen molar-refractivity contribution in [3.8, 4) is 11.6 Å². The Morgan fingerprint density at radius 2 is 2.10 bits per heavy atom. The molecule has 2 aromatic rings. The molecule has 20 heavy (non-hydrogen) atoms. The average Bonchev–Trinajstić information content (AvgIpc) is 2.37. The lowest BCUT2D eigenvalue weighted by Crippen LogP contribution is -2.11. The Morgan fingerprint density at radius 3 is 2.75 bits per heavy atom. The number of anilines is 1. The molecule has 0 unspecified atom stereocenters. The van der Waals surface area contributed by atoms with Gasteiger partial charge in [0.1, 0.15) is 0 Å². The highest BCUT2D eigenvalue weighted by Gasteiger charge is 2.19. The topological polar surface area (TPSA) is 116 Å². The normalized spacial score (nSPS) is 10.2. The highest BCUT2D eigenvalue weighted by molar-refractivity contribution is 5.53. The van der Waals surface area contributed by atoms with Crippen molar-refractivity contribution in [3.63, 3.8) is 0 Å². The van der Waals surface area contributed by atoms with Gasteiger partial charge in [0.2, 0.25) is 17.6 Å². The molecule has 8 heteroatoms. The quantitative estimate of drug-likeness (QED) is 0.498. The van der Waals surface area contributed by atoms with E-state index in [0.717, 1.165) is 0 Å². The number of nitrogens with two attached hydrogens (primary N) is 1. The first-order valence-corrected chi connectivity index (χ1v) is 5.75. The number of hydrogen-bond donors (Lipinski definition) is 2. The number of ether oxygens (including phenoxy) is 1. The highest BCUT2D eigenvalue weighted by Crippen LogP contribution is 2.33. The third-order valence-corrected chi connectivity index (χ3v) is 2.56. The largest absolute Gasteiger partial charge is 0.432 e. The van der Waals surface area contributed by atoms with Crippen molar-refractivity contribution in [2.24, 2.45) is 5.84 Å². The smallest absolute Gasteiger partial charge is 0.314 e. The van der Waals surface area contributed by atoms with Crippen LogP contribution < -0.4 is 16.0 Å². The van der Waals surface area contributed by atoms with E-state index in [1.807, 2.05) is 0 Å². The number of hydrogen-bond acceptors (Lipinski definition) is 7. The number of nitrogen functional groups attached to an aromatic ring is 1. The predicted molar refractivity (Wildman–Crippen MR) is 72.5 cm³/mol. The standard InChI is InChI=1S/C12H13N5O3/c1-7-4-3-5-9(11(7)17(18)19)20-10-6-8(2)14-12(15-10)16-13/h3-6H,13H2,1-2H3,(H,14,15,16). The Bertz CT molecular complexity index is 660. The van der Waals surface area contributed by atoms with Crippen molar-refractivity contribution in [2.75, 3.05) is 5.43 Å². The van der Waals surface area contributed by atoms with Gasteiger partial charge in [-0.05, 0) is 19.9 Å². The second kappa shape index (κ2) is 5.49. The molecule has 0 aliphatic heterocycles. The fraction of sp³-hybridized carbons (Fsp3) is 0.167. The molecule has 0 saturated carbocycles. The van der Waals surface area contributed by atoms with Gasteiger partial charge < -0.3 is 4.74 Å². The molecule has 2 rings (SSSR count). The zero-order chi connectivity index (χ0) is 14.7. The molecular weight excluding hydrogens is 262 g/mol. The minimum atomic E-state index is -0.485. The first kappa shape index (κ1) is 13.7. The molecule has 0 amide bonds. The predicted octanol–water partition coefficient (Wildman–Crippen LogP) is 2.08. The lowest BCUT2D eigenvalue weighted by Gasteiger charge is -2.08. The lowest BCUT2D eigenvalue weighted by molar-refractivity contribution is -0.386. The van der Waals surface area contributed by atoms with Gasteiger partial charge in [-0.2, -0.15) is 4.98 Å². The number of aryl methyl sites for hydroxylation is 2. The summed E-state index contributed by atoms with van der Waals surface area (Å²) in [5.41, 5.74) is 3.35. The number of nitro benzene ring substituents is 1. The third-order valence-electron chi connectivity index (χ3n) is 2.56. The van der Waals surface area contributed by atoms with Crippen LogP contribution in [0.1, 0.15) is 11.3 Å². The van der Waals surface area contributed by atoms with Crippen LogP contribution >= 0.6 is 0 Å². The highest BCUT2D eigenvalue weighted by atomic mass is 16.6. The van der Waals surface area contributed by atoms with E-state index in [4.69, 9.17) is 10.6 Å². The second-order valence-electron chi connectivity index (χ2n) is 4.10. The van der Waals surface area contributed by atoms with E-state index < -0.39 is 4.92 Å². The monoisotopic (exact) mass is 275 g/mol. The van der Waals surface area contributed by atoms with Gasteiger partial charge in [0.15, 0.2) is 0 Å². The Morgan fingerprint density at radius 1 is 1.35 bits per heavy atom. The van der Waals surface area contributed by atoms with Crippen LogP contribution in [0.15, 0.2) is 24.3 Å². The van der Waals surface area contributed by atoms with Gasteiger partial charge in [-0.1, -0.05) is 12.1 Å². The maximum absolute atomic E-state index is 11.1. The van der Waals surface area contributed by atoms with Crippen LogP contribution in [-0.4, -0.2) is 14.9 Å². The number of aromatic nitrogens is 2. The van der Waals surface area contributed by atoms with Crippen molar-refractivity contribution in [2.45, 2.75) is 13.8 Å². The number of nitrogens with one attached hydrogen (secondary N) is 1. The van der Waals surface area contributed by atoms with E-state index in [2.05, 4.69) is 15.4 Å². The molecule has 104 valence electrons. The van der Waals surface area contributed by atoms with Gasteiger partial charge >= 0.3 is 5.69 Å². The molecule has 0 aliphatic rings. The van der Waals surface area contributed by atoms with E-state index in [1.54, 1.807) is 32.0 Å². The third kappa shape index (κ3) is 2.81. The van der Waals surface area contributed by atoms with Crippen LogP contribution in [0.5, 0.6) is 11.6 Å². The summed E-state index contributed by atoms with van der Waals surface area (Å²) in [4.78, 5) is 18.6. The number of nitro groups is 1. The van der Waals surface area contributed by atoms with Gasteiger partial charge in [-0.3, -0.25) is 15.5 Å². The summed E-state index contributed by atoms with van der Waals surface area (Å²) in [5, 5.41) is 11.1. The average molecular weight is 275 g/mol. The van der Waals surface area contributed by atoms with E-state index in [-0.39, 0.29) is 23.3 Å². The van der Waals surface area contributed by atoms with Gasteiger partial charge in [0, 0.05) is 17.3 Å². The molecule has 8 nitrogen and oxygen atoms in total. The molecule has 3 N–H and O–H groups in total. The number of nitrogens with zero attached hydrogens (tertiary/aromatic N) is 3. The number of benzene rings is 1. The summed E-state index contributed by atoms with van der Waals surface area (Å²) in [6.07, 6.45) is 0. The molecule has 1 aromatic heterocycles. The zero-order valence-corrected chi connectivity index (χ0v) is 11.0. The summed E-state index contributed by atoms with van der Waals surface area (Å²) in [5.74, 6) is 5.72. The molecule has 0 atom stereocenters.